The lowest BCUT2D eigenvalue weighted by molar-refractivity contribution is 0.0605. The highest BCUT2D eigenvalue weighted by Gasteiger charge is 2.15. The van der Waals surface area contributed by atoms with Crippen molar-refractivity contribution in [3.05, 3.63) is 46.2 Å². The number of methoxy groups -OCH3 is 1. The summed E-state index contributed by atoms with van der Waals surface area (Å²) >= 11 is 1.20. The van der Waals surface area contributed by atoms with Crippen molar-refractivity contribution in [1.29, 1.82) is 0 Å². The van der Waals surface area contributed by atoms with E-state index in [0.29, 0.717) is 27.8 Å². The lowest BCUT2D eigenvalue weighted by atomic mass is 10.2. The molecule has 1 aromatic carbocycles. The van der Waals surface area contributed by atoms with Gasteiger partial charge in [0.1, 0.15) is 10.7 Å². The summed E-state index contributed by atoms with van der Waals surface area (Å²) in [6.07, 6.45) is 0. The quantitative estimate of drug-likeness (QED) is 0.875. The molecule has 0 amide bonds. The van der Waals surface area contributed by atoms with E-state index < -0.39 is 5.97 Å². The first-order chi connectivity index (χ1) is 9.11. The molecule has 0 saturated heterocycles. The fraction of sp³-hybridized carbons (Fsp3) is 0.231. The third-order valence-electron chi connectivity index (χ3n) is 2.56. The second-order valence-corrected chi connectivity index (χ2v) is 4.87. The van der Waals surface area contributed by atoms with E-state index in [1.165, 1.54) is 24.5 Å². The lowest BCUT2D eigenvalue weighted by Crippen LogP contribution is -2.01. The summed E-state index contributed by atoms with van der Waals surface area (Å²) < 4.78 is 18.1. The number of aromatic nitrogens is 1. The summed E-state index contributed by atoms with van der Waals surface area (Å²) in [5, 5.41) is 3.57. The van der Waals surface area contributed by atoms with Crippen LogP contribution in [0.4, 0.5) is 9.52 Å². The number of esters is 1. The average molecular weight is 280 g/mol. The molecule has 0 aliphatic rings. The SMILES string of the molecule is COC(=O)c1sc(NCc2ccccc2F)nc1C. The topological polar surface area (TPSA) is 51.2 Å². The van der Waals surface area contributed by atoms with Gasteiger partial charge in [0.05, 0.1) is 12.8 Å². The molecule has 100 valence electrons. The van der Waals surface area contributed by atoms with E-state index in [1.54, 1.807) is 25.1 Å². The van der Waals surface area contributed by atoms with E-state index in [-0.39, 0.29) is 5.82 Å². The Bertz CT molecular complexity index is 598. The van der Waals surface area contributed by atoms with Crippen LogP contribution in [0.25, 0.3) is 0 Å². The van der Waals surface area contributed by atoms with Gasteiger partial charge in [-0.25, -0.2) is 14.2 Å². The molecule has 0 saturated carbocycles. The molecule has 0 atom stereocenters. The molecule has 1 aromatic heterocycles. The van der Waals surface area contributed by atoms with Crippen LogP contribution in [0.1, 0.15) is 20.9 Å². The first kappa shape index (κ1) is 13.5. The maximum atomic E-state index is 13.4. The van der Waals surface area contributed by atoms with Crippen LogP contribution in [0.5, 0.6) is 0 Å². The van der Waals surface area contributed by atoms with Gasteiger partial charge in [0.2, 0.25) is 0 Å². The van der Waals surface area contributed by atoms with Crippen molar-refractivity contribution in [2.45, 2.75) is 13.5 Å². The summed E-state index contributed by atoms with van der Waals surface area (Å²) in [6.45, 7) is 2.05. The molecule has 0 fully saturated rings. The van der Waals surface area contributed by atoms with Gasteiger partial charge >= 0.3 is 5.97 Å². The largest absolute Gasteiger partial charge is 0.465 e. The van der Waals surface area contributed by atoms with Gasteiger partial charge in [-0.15, -0.1) is 0 Å². The van der Waals surface area contributed by atoms with Crippen LogP contribution in [0.15, 0.2) is 24.3 Å². The average Bonchev–Trinajstić information content (AvgIpc) is 2.78. The number of ether oxygens (including phenoxy) is 1. The van der Waals surface area contributed by atoms with Crippen LogP contribution in [0.3, 0.4) is 0 Å². The molecular formula is C13H13FN2O2S. The third-order valence-corrected chi connectivity index (χ3v) is 3.65. The van der Waals surface area contributed by atoms with Gasteiger partial charge in [0, 0.05) is 12.1 Å². The van der Waals surface area contributed by atoms with E-state index in [1.807, 2.05) is 0 Å². The number of anilines is 1. The zero-order chi connectivity index (χ0) is 13.8. The molecule has 1 N–H and O–H groups in total. The van der Waals surface area contributed by atoms with Crippen molar-refractivity contribution in [1.82, 2.24) is 4.98 Å². The van der Waals surface area contributed by atoms with Gasteiger partial charge in [-0.2, -0.15) is 0 Å². The minimum Gasteiger partial charge on any atom is -0.465 e. The number of hydrogen-bond donors (Lipinski definition) is 1. The maximum absolute atomic E-state index is 13.4. The Morgan fingerprint density at radius 3 is 2.89 bits per heavy atom. The van der Waals surface area contributed by atoms with Crippen LogP contribution in [0, 0.1) is 12.7 Å². The normalized spacial score (nSPS) is 10.3. The number of nitrogens with one attached hydrogen (secondary N) is 1. The van der Waals surface area contributed by atoms with Gasteiger partial charge in [0.15, 0.2) is 5.13 Å². The predicted octanol–water partition coefficient (Wildman–Crippen LogP) is 2.99. The van der Waals surface area contributed by atoms with Gasteiger partial charge < -0.3 is 10.1 Å². The van der Waals surface area contributed by atoms with Crippen LogP contribution < -0.4 is 5.32 Å². The standard InChI is InChI=1S/C13H13FN2O2S/c1-8-11(12(17)18-2)19-13(16-8)15-7-9-5-3-4-6-10(9)14/h3-6H,7H2,1-2H3,(H,15,16). The van der Waals surface area contributed by atoms with E-state index in [9.17, 15) is 9.18 Å². The summed E-state index contributed by atoms with van der Waals surface area (Å²) in [7, 11) is 1.33. The molecule has 19 heavy (non-hydrogen) atoms. The fourth-order valence-electron chi connectivity index (χ4n) is 1.57. The Kier molecular flexibility index (Phi) is 4.11. The Morgan fingerprint density at radius 1 is 1.47 bits per heavy atom. The molecule has 6 heteroatoms. The highest BCUT2D eigenvalue weighted by molar-refractivity contribution is 7.17. The summed E-state index contributed by atoms with van der Waals surface area (Å²) in [5.74, 6) is -0.676. The molecule has 0 aliphatic heterocycles. The first-order valence-electron chi connectivity index (χ1n) is 5.65. The Hall–Kier alpha value is -1.95. The third kappa shape index (κ3) is 3.08. The van der Waals surface area contributed by atoms with Crippen molar-refractivity contribution < 1.29 is 13.9 Å². The fourth-order valence-corrected chi connectivity index (χ4v) is 2.45. The second kappa shape index (κ2) is 5.79. The van der Waals surface area contributed by atoms with Crippen molar-refractivity contribution in [3.63, 3.8) is 0 Å². The highest BCUT2D eigenvalue weighted by Crippen LogP contribution is 2.23. The lowest BCUT2D eigenvalue weighted by Gasteiger charge is -2.03. The van der Waals surface area contributed by atoms with Crippen molar-refractivity contribution in [3.8, 4) is 0 Å². The molecule has 0 bridgehead atoms. The Morgan fingerprint density at radius 2 is 2.21 bits per heavy atom. The number of hydrogen-bond acceptors (Lipinski definition) is 5. The number of halogens is 1. The predicted molar refractivity (Wildman–Crippen MR) is 71.9 cm³/mol. The number of carbonyl (C=O) groups excluding carboxylic acids is 1. The van der Waals surface area contributed by atoms with E-state index in [0.717, 1.165) is 0 Å². The first-order valence-corrected chi connectivity index (χ1v) is 6.46. The minimum atomic E-state index is -0.408. The van der Waals surface area contributed by atoms with Gasteiger partial charge in [0.25, 0.3) is 0 Å². The molecule has 0 radical (unpaired) electrons. The number of nitrogens with zero attached hydrogens (tertiary/aromatic N) is 1. The number of rotatable bonds is 4. The molecule has 1 heterocycles. The second-order valence-electron chi connectivity index (χ2n) is 3.87. The molecule has 0 aliphatic carbocycles. The van der Waals surface area contributed by atoms with Crippen LogP contribution in [-0.2, 0) is 11.3 Å². The molecular weight excluding hydrogens is 267 g/mol. The molecule has 0 unspecified atom stereocenters. The van der Waals surface area contributed by atoms with E-state index in [2.05, 4.69) is 15.0 Å². The monoisotopic (exact) mass is 280 g/mol. The van der Waals surface area contributed by atoms with E-state index >= 15 is 0 Å². The van der Waals surface area contributed by atoms with Crippen molar-refractivity contribution in [2.24, 2.45) is 0 Å². The van der Waals surface area contributed by atoms with Gasteiger partial charge in [-0.3, -0.25) is 0 Å². The minimum absolute atomic E-state index is 0.267. The van der Waals surface area contributed by atoms with Gasteiger partial charge in [-0.05, 0) is 13.0 Å². The Balaban J connectivity index is 2.09. The van der Waals surface area contributed by atoms with Crippen LogP contribution in [-0.4, -0.2) is 18.1 Å². The number of benzene rings is 1. The zero-order valence-electron chi connectivity index (χ0n) is 10.6. The number of carbonyl (C=O) groups is 1. The smallest absolute Gasteiger partial charge is 0.350 e. The molecule has 4 nitrogen and oxygen atoms in total. The van der Waals surface area contributed by atoms with Crippen LogP contribution >= 0.6 is 11.3 Å². The molecule has 0 spiro atoms. The Labute approximate surface area is 114 Å². The summed E-state index contributed by atoms with van der Waals surface area (Å²) in [6, 6.07) is 6.52. The summed E-state index contributed by atoms with van der Waals surface area (Å²) in [5.41, 5.74) is 1.16. The maximum Gasteiger partial charge on any atom is 0.350 e. The van der Waals surface area contributed by atoms with Crippen LogP contribution in [0.2, 0.25) is 0 Å². The highest BCUT2D eigenvalue weighted by atomic mass is 32.1. The zero-order valence-corrected chi connectivity index (χ0v) is 11.4. The van der Waals surface area contributed by atoms with Crippen molar-refractivity contribution >= 4 is 22.4 Å². The molecule has 2 rings (SSSR count). The summed E-state index contributed by atoms with van der Waals surface area (Å²) in [4.78, 5) is 16.1. The van der Waals surface area contributed by atoms with E-state index in [4.69, 9.17) is 0 Å². The molecule has 2 aromatic rings. The number of thiazole rings is 1. The van der Waals surface area contributed by atoms with Crippen molar-refractivity contribution in [2.75, 3.05) is 12.4 Å². The number of aryl methyl sites for hydroxylation is 1. The van der Waals surface area contributed by atoms with Gasteiger partial charge in [-0.1, -0.05) is 29.5 Å².